The van der Waals surface area contributed by atoms with E-state index in [9.17, 15) is 9.59 Å². The third-order valence-electron chi connectivity index (χ3n) is 4.10. The maximum atomic E-state index is 12.0. The van der Waals surface area contributed by atoms with Crippen molar-refractivity contribution in [2.24, 2.45) is 0 Å². The quantitative estimate of drug-likeness (QED) is 0.831. The Bertz CT molecular complexity index is 793. The minimum atomic E-state index is -0.457. The lowest BCUT2D eigenvalue weighted by molar-refractivity contribution is -0.147. The molecule has 2 aromatic rings. The average molecular weight is 358 g/mol. The van der Waals surface area contributed by atoms with Gasteiger partial charge in [-0.3, -0.25) is 9.59 Å². The van der Waals surface area contributed by atoms with Crippen LogP contribution in [0.5, 0.6) is 11.5 Å². The first-order chi connectivity index (χ1) is 12.5. The van der Waals surface area contributed by atoms with Crippen LogP contribution in [0.15, 0.2) is 30.3 Å². The molecule has 0 saturated heterocycles. The molecule has 7 nitrogen and oxygen atoms in total. The van der Waals surface area contributed by atoms with Gasteiger partial charge in [-0.25, -0.2) is 0 Å². The molecule has 0 spiro atoms. The summed E-state index contributed by atoms with van der Waals surface area (Å²) in [6.07, 6.45) is 0.812. The highest BCUT2D eigenvalue weighted by atomic mass is 16.5. The molecule has 1 aliphatic heterocycles. The van der Waals surface area contributed by atoms with E-state index < -0.39 is 11.9 Å². The predicted molar refractivity (Wildman–Crippen MR) is 95.5 cm³/mol. The first kappa shape index (κ1) is 17.8. The Morgan fingerprint density at radius 1 is 1.08 bits per heavy atom. The summed E-state index contributed by atoms with van der Waals surface area (Å²) >= 11 is 0. The molecule has 0 aliphatic carbocycles. The summed E-state index contributed by atoms with van der Waals surface area (Å²) in [5, 5.41) is 2.69. The molecule has 138 valence electrons. The molecule has 2 heterocycles. The van der Waals surface area contributed by atoms with Crippen LogP contribution in [-0.2, 0) is 20.9 Å². The van der Waals surface area contributed by atoms with E-state index in [4.69, 9.17) is 14.2 Å². The summed E-state index contributed by atoms with van der Waals surface area (Å²) in [5.74, 6) is 0.384. The number of carbonyl (C=O) groups is 2. The minimum absolute atomic E-state index is 0.0853. The molecule has 7 heteroatoms. The number of fused-ring (bicyclic) bond motifs is 1. The van der Waals surface area contributed by atoms with Crippen LogP contribution in [0.1, 0.15) is 17.8 Å². The lowest BCUT2D eigenvalue weighted by Crippen LogP contribution is -2.23. The Hall–Kier alpha value is -2.96. The van der Waals surface area contributed by atoms with Crippen molar-refractivity contribution >= 4 is 17.6 Å². The van der Waals surface area contributed by atoms with Gasteiger partial charge in [-0.05, 0) is 38.1 Å². The van der Waals surface area contributed by atoms with Crippen LogP contribution in [-0.4, -0.2) is 36.3 Å². The van der Waals surface area contributed by atoms with Gasteiger partial charge in [0.05, 0.1) is 13.2 Å². The fourth-order valence-corrected chi connectivity index (χ4v) is 2.71. The van der Waals surface area contributed by atoms with Crippen LogP contribution in [0.2, 0.25) is 0 Å². The van der Waals surface area contributed by atoms with Crippen molar-refractivity contribution in [1.82, 2.24) is 4.57 Å². The maximum Gasteiger partial charge on any atom is 0.326 e. The number of nitrogens with zero attached hydrogens (tertiary/aromatic N) is 1. The van der Waals surface area contributed by atoms with E-state index in [-0.39, 0.29) is 13.2 Å². The number of hydrogen-bond donors (Lipinski definition) is 1. The van der Waals surface area contributed by atoms with Gasteiger partial charge in [0.1, 0.15) is 6.54 Å². The molecule has 1 aromatic heterocycles. The summed E-state index contributed by atoms with van der Waals surface area (Å²) in [6, 6.07) is 9.03. The van der Waals surface area contributed by atoms with E-state index in [2.05, 4.69) is 5.32 Å². The Labute approximate surface area is 151 Å². The van der Waals surface area contributed by atoms with Gasteiger partial charge in [0, 0.05) is 29.6 Å². The van der Waals surface area contributed by atoms with Gasteiger partial charge < -0.3 is 24.1 Å². The number of carbonyl (C=O) groups excluding carboxylic acids is 2. The molecular weight excluding hydrogens is 336 g/mol. The van der Waals surface area contributed by atoms with Gasteiger partial charge in [0.25, 0.3) is 5.91 Å². The van der Waals surface area contributed by atoms with Crippen LogP contribution >= 0.6 is 0 Å². The number of ether oxygens (including phenoxy) is 3. The summed E-state index contributed by atoms with van der Waals surface area (Å²) < 4.78 is 18.0. The molecule has 3 rings (SSSR count). The lowest BCUT2D eigenvalue weighted by atomic mass is 10.2. The second-order valence-corrected chi connectivity index (χ2v) is 6.12. The number of anilines is 1. The van der Waals surface area contributed by atoms with Crippen molar-refractivity contribution in [1.29, 1.82) is 0 Å². The summed E-state index contributed by atoms with van der Waals surface area (Å²) in [6.45, 7) is 4.75. The molecule has 1 aromatic carbocycles. The van der Waals surface area contributed by atoms with E-state index in [1.165, 1.54) is 0 Å². The molecule has 0 unspecified atom stereocenters. The third kappa shape index (κ3) is 4.36. The highest BCUT2D eigenvalue weighted by Crippen LogP contribution is 2.32. The number of esters is 1. The third-order valence-corrected chi connectivity index (χ3v) is 4.10. The molecule has 0 fully saturated rings. The van der Waals surface area contributed by atoms with Crippen LogP contribution < -0.4 is 14.8 Å². The molecular formula is C19H22N2O5. The molecule has 0 atom stereocenters. The van der Waals surface area contributed by atoms with Gasteiger partial charge in [-0.2, -0.15) is 0 Å². The zero-order valence-electron chi connectivity index (χ0n) is 14.9. The molecule has 1 N–H and O–H groups in total. The van der Waals surface area contributed by atoms with Crippen molar-refractivity contribution in [2.75, 3.05) is 25.1 Å². The van der Waals surface area contributed by atoms with Crippen LogP contribution in [0.25, 0.3) is 0 Å². The zero-order chi connectivity index (χ0) is 18.5. The van der Waals surface area contributed by atoms with Crippen molar-refractivity contribution in [3.8, 4) is 11.5 Å². The predicted octanol–water partition coefficient (Wildman–Crippen LogP) is 2.45. The summed E-state index contributed by atoms with van der Waals surface area (Å²) in [5.41, 5.74) is 2.50. The normalized spacial score (nSPS) is 13.0. The molecule has 0 radical (unpaired) electrons. The minimum Gasteiger partial charge on any atom is -0.490 e. The molecule has 26 heavy (non-hydrogen) atoms. The van der Waals surface area contributed by atoms with Gasteiger partial charge in [0.15, 0.2) is 18.1 Å². The van der Waals surface area contributed by atoms with Crippen LogP contribution in [0.4, 0.5) is 5.69 Å². The van der Waals surface area contributed by atoms with Gasteiger partial charge in [0.2, 0.25) is 0 Å². The molecule has 0 bridgehead atoms. The number of nitrogens with one attached hydrogen (secondary N) is 1. The number of rotatable bonds is 5. The highest BCUT2D eigenvalue weighted by molar-refractivity contribution is 5.93. The second-order valence-electron chi connectivity index (χ2n) is 6.12. The zero-order valence-corrected chi connectivity index (χ0v) is 14.9. The van der Waals surface area contributed by atoms with Crippen molar-refractivity contribution in [2.45, 2.75) is 26.8 Å². The lowest BCUT2D eigenvalue weighted by Gasteiger charge is -2.11. The number of benzene rings is 1. The molecule has 0 saturated carbocycles. The van der Waals surface area contributed by atoms with E-state index in [1.54, 1.807) is 18.2 Å². The van der Waals surface area contributed by atoms with Crippen molar-refractivity contribution < 1.29 is 23.8 Å². The first-order valence-electron chi connectivity index (χ1n) is 8.51. The topological polar surface area (TPSA) is 78.8 Å². The van der Waals surface area contributed by atoms with Crippen LogP contribution in [0.3, 0.4) is 0 Å². The smallest absolute Gasteiger partial charge is 0.326 e. The number of hydrogen-bond acceptors (Lipinski definition) is 5. The average Bonchev–Trinajstić information content (AvgIpc) is 2.82. The highest BCUT2D eigenvalue weighted by Gasteiger charge is 2.14. The number of aryl methyl sites for hydroxylation is 2. The van der Waals surface area contributed by atoms with E-state index in [0.717, 1.165) is 17.8 Å². The van der Waals surface area contributed by atoms with Gasteiger partial charge in [-0.1, -0.05) is 0 Å². The Morgan fingerprint density at radius 3 is 2.50 bits per heavy atom. The number of amides is 1. The Morgan fingerprint density at radius 2 is 1.77 bits per heavy atom. The van der Waals surface area contributed by atoms with Gasteiger partial charge >= 0.3 is 5.97 Å². The maximum absolute atomic E-state index is 12.0. The summed E-state index contributed by atoms with van der Waals surface area (Å²) in [4.78, 5) is 24.0. The number of aromatic nitrogens is 1. The largest absolute Gasteiger partial charge is 0.490 e. The van der Waals surface area contributed by atoms with Crippen molar-refractivity contribution in [3.63, 3.8) is 0 Å². The fourth-order valence-electron chi connectivity index (χ4n) is 2.71. The van der Waals surface area contributed by atoms with Crippen molar-refractivity contribution in [3.05, 3.63) is 41.7 Å². The standard InChI is InChI=1S/C19H22N2O5/c1-13-4-5-14(2)21(13)11-19(23)26-12-18(22)20-15-6-7-16-17(10-15)25-9-3-8-24-16/h4-7,10H,3,8-9,11-12H2,1-2H3,(H,20,22). The SMILES string of the molecule is Cc1ccc(C)n1CC(=O)OCC(=O)Nc1ccc2c(c1)OCCCO2. The Balaban J connectivity index is 1.51. The van der Waals surface area contributed by atoms with E-state index >= 15 is 0 Å². The molecule has 1 aliphatic rings. The summed E-state index contributed by atoms with van der Waals surface area (Å²) in [7, 11) is 0. The van der Waals surface area contributed by atoms with Crippen LogP contribution in [0, 0.1) is 13.8 Å². The van der Waals surface area contributed by atoms with E-state index in [0.29, 0.717) is 30.4 Å². The monoisotopic (exact) mass is 358 g/mol. The van der Waals surface area contributed by atoms with E-state index in [1.807, 2.05) is 30.5 Å². The fraction of sp³-hybridized carbons (Fsp3) is 0.368. The van der Waals surface area contributed by atoms with Gasteiger partial charge in [-0.15, -0.1) is 0 Å². The first-order valence-corrected chi connectivity index (χ1v) is 8.51. The second kappa shape index (κ2) is 7.95. The Kier molecular flexibility index (Phi) is 5.46. The molecule has 1 amide bonds.